The summed E-state index contributed by atoms with van der Waals surface area (Å²) in [6.07, 6.45) is 0. The quantitative estimate of drug-likeness (QED) is 0.452. The van der Waals surface area contributed by atoms with Crippen molar-refractivity contribution < 1.29 is 4.79 Å². The number of hydrogen-bond donors (Lipinski definition) is 0. The van der Waals surface area contributed by atoms with E-state index in [4.69, 9.17) is 17.1 Å². The highest BCUT2D eigenvalue weighted by molar-refractivity contribution is 6.31. The van der Waals surface area contributed by atoms with E-state index in [1.165, 1.54) is 0 Å². The second-order valence-corrected chi connectivity index (χ2v) is 4.68. The van der Waals surface area contributed by atoms with Crippen molar-refractivity contribution >= 4 is 23.2 Å². The predicted octanol–water partition coefficient (Wildman–Crippen LogP) is 2.88. The summed E-state index contributed by atoms with van der Waals surface area (Å²) < 4.78 is 0. The molecule has 0 bridgehead atoms. The van der Waals surface area contributed by atoms with Crippen molar-refractivity contribution in [2.75, 3.05) is 18.5 Å². The van der Waals surface area contributed by atoms with Crippen LogP contribution >= 0.6 is 11.6 Å². The molecule has 0 fully saturated rings. The Morgan fingerprint density at radius 2 is 2.29 bits per heavy atom. The molecule has 0 aliphatic carbocycles. The number of fused-ring (bicyclic) bond motifs is 1. The number of azide groups is 1. The average Bonchev–Trinajstić information content (AvgIpc) is 2.50. The summed E-state index contributed by atoms with van der Waals surface area (Å²) >= 11 is 5.95. The Bertz CT molecular complexity index is 538. The van der Waals surface area contributed by atoms with Crippen molar-refractivity contribution in [3.05, 3.63) is 39.2 Å². The molecule has 88 valence electrons. The number of rotatable bonds is 2. The van der Waals surface area contributed by atoms with Crippen molar-refractivity contribution in [3.8, 4) is 0 Å². The van der Waals surface area contributed by atoms with Crippen LogP contribution in [0.3, 0.4) is 0 Å². The second kappa shape index (κ2) is 3.95. The van der Waals surface area contributed by atoms with Gasteiger partial charge in [-0.1, -0.05) is 16.7 Å². The van der Waals surface area contributed by atoms with Crippen LogP contribution in [0.5, 0.6) is 0 Å². The minimum Gasteiger partial charge on any atom is -0.314 e. The van der Waals surface area contributed by atoms with E-state index in [0.717, 1.165) is 11.3 Å². The van der Waals surface area contributed by atoms with Gasteiger partial charge in [-0.25, -0.2) is 0 Å². The molecule has 17 heavy (non-hydrogen) atoms. The lowest BCUT2D eigenvalue weighted by molar-refractivity contribution is -0.122. The summed E-state index contributed by atoms with van der Waals surface area (Å²) in [6, 6.07) is 5.30. The lowest BCUT2D eigenvalue weighted by Gasteiger charge is -2.20. The molecule has 0 saturated carbocycles. The summed E-state index contributed by atoms with van der Waals surface area (Å²) in [5, 5.41) is 4.10. The van der Waals surface area contributed by atoms with Crippen molar-refractivity contribution in [2.24, 2.45) is 5.11 Å². The van der Waals surface area contributed by atoms with Crippen LogP contribution in [0, 0.1) is 0 Å². The topological polar surface area (TPSA) is 69.1 Å². The van der Waals surface area contributed by atoms with Gasteiger partial charge in [0.15, 0.2) is 0 Å². The first-order chi connectivity index (χ1) is 8.00. The van der Waals surface area contributed by atoms with Gasteiger partial charge in [-0.15, -0.1) is 0 Å². The molecule has 5 nitrogen and oxygen atoms in total. The lowest BCUT2D eigenvalue weighted by atomic mass is 9.84. The summed E-state index contributed by atoms with van der Waals surface area (Å²) in [5.41, 5.74) is 9.21. The molecule has 1 amide bonds. The molecule has 1 aliphatic rings. The Labute approximate surface area is 104 Å². The van der Waals surface area contributed by atoms with Crippen LogP contribution in [0.2, 0.25) is 5.02 Å². The van der Waals surface area contributed by atoms with Crippen molar-refractivity contribution in [3.63, 3.8) is 0 Å². The van der Waals surface area contributed by atoms with Gasteiger partial charge in [0.1, 0.15) is 0 Å². The van der Waals surface area contributed by atoms with Crippen molar-refractivity contribution in [1.82, 2.24) is 0 Å². The minimum absolute atomic E-state index is 0.0813. The first kappa shape index (κ1) is 11.8. The van der Waals surface area contributed by atoms with Gasteiger partial charge < -0.3 is 4.90 Å². The molecular formula is C11H11ClN4O. The largest absolute Gasteiger partial charge is 0.314 e. The monoisotopic (exact) mass is 250 g/mol. The van der Waals surface area contributed by atoms with Crippen molar-refractivity contribution in [1.29, 1.82) is 0 Å². The van der Waals surface area contributed by atoms with Crippen LogP contribution in [0.1, 0.15) is 12.5 Å². The molecule has 0 spiro atoms. The van der Waals surface area contributed by atoms with Gasteiger partial charge in [0.05, 0.1) is 5.41 Å². The van der Waals surface area contributed by atoms with Gasteiger partial charge in [0, 0.05) is 29.2 Å². The molecule has 1 heterocycles. The van der Waals surface area contributed by atoms with E-state index >= 15 is 0 Å². The summed E-state index contributed by atoms with van der Waals surface area (Å²) in [6.45, 7) is 1.86. The first-order valence-electron chi connectivity index (χ1n) is 5.10. The summed E-state index contributed by atoms with van der Waals surface area (Å²) in [4.78, 5) is 16.5. The van der Waals surface area contributed by atoms with E-state index in [2.05, 4.69) is 10.0 Å². The molecule has 2 rings (SSSR count). The molecule has 1 aliphatic heterocycles. The van der Waals surface area contributed by atoms with E-state index in [9.17, 15) is 4.79 Å². The highest BCUT2D eigenvalue weighted by Crippen LogP contribution is 2.42. The number of nitrogens with zero attached hydrogens (tertiary/aromatic N) is 4. The predicted molar refractivity (Wildman–Crippen MR) is 66.2 cm³/mol. The molecular weight excluding hydrogens is 240 g/mol. The normalized spacial score (nSPS) is 22.3. The first-order valence-corrected chi connectivity index (χ1v) is 5.47. The maximum atomic E-state index is 12.2. The molecule has 0 N–H and O–H groups in total. The van der Waals surface area contributed by atoms with Crippen LogP contribution in [-0.2, 0) is 10.2 Å². The van der Waals surface area contributed by atoms with Gasteiger partial charge in [-0.3, -0.25) is 4.79 Å². The highest BCUT2D eigenvalue weighted by Gasteiger charge is 2.45. The van der Waals surface area contributed by atoms with E-state index in [0.29, 0.717) is 5.02 Å². The maximum absolute atomic E-state index is 12.2. The van der Waals surface area contributed by atoms with Gasteiger partial charge >= 0.3 is 0 Å². The third kappa shape index (κ3) is 1.64. The fourth-order valence-electron chi connectivity index (χ4n) is 2.16. The van der Waals surface area contributed by atoms with Gasteiger partial charge in [-0.05, 0) is 36.2 Å². The number of amides is 1. The number of anilines is 1. The van der Waals surface area contributed by atoms with Crippen LogP contribution in [-0.4, -0.2) is 19.5 Å². The number of benzene rings is 1. The third-order valence-electron chi connectivity index (χ3n) is 3.14. The van der Waals surface area contributed by atoms with Gasteiger partial charge in [-0.2, -0.15) is 0 Å². The van der Waals surface area contributed by atoms with Crippen LogP contribution < -0.4 is 4.90 Å². The van der Waals surface area contributed by atoms with Crippen LogP contribution in [0.4, 0.5) is 5.69 Å². The third-order valence-corrected chi connectivity index (χ3v) is 3.38. The molecule has 6 heteroatoms. The van der Waals surface area contributed by atoms with Crippen molar-refractivity contribution in [2.45, 2.75) is 12.3 Å². The fraction of sp³-hybridized carbons (Fsp3) is 0.364. The summed E-state index contributed by atoms with van der Waals surface area (Å²) in [7, 11) is 1.70. The van der Waals surface area contributed by atoms with Gasteiger partial charge in [0.2, 0.25) is 5.91 Å². The number of carbonyl (C=O) groups is 1. The summed E-state index contributed by atoms with van der Waals surface area (Å²) in [5.74, 6) is -0.0813. The zero-order valence-electron chi connectivity index (χ0n) is 9.51. The molecule has 1 atom stereocenters. The zero-order chi connectivity index (χ0) is 12.6. The number of hydrogen-bond acceptors (Lipinski definition) is 2. The van der Waals surface area contributed by atoms with E-state index in [1.54, 1.807) is 37.1 Å². The Morgan fingerprint density at radius 1 is 1.59 bits per heavy atom. The fourth-order valence-corrected chi connectivity index (χ4v) is 2.34. The molecule has 0 aromatic heterocycles. The average molecular weight is 251 g/mol. The number of carbonyl (C=O) groups excluding carboxylic acids is 1. The Hall–Kier alpha value is -1.71. The Morgan fingerprint density at radius 3 is 2.94 bits per heavy atom. The SMILES string of the molecule is CN1C(=O)C(C)(CN=[N+]=[N-])c2cc(Cl)ccc21. The lowest BCUT2D eigenvalue weighted by Crippen LogP contribution is -2.38. The smallest absolute Gasteiger partial charge is 0.237 e. The highest BCUT2D eigenvalue weighted by atomic mass is 35.5. The number of likely N-dealkylation sites (N-methyl/N-ethyl adjacent to an activating group) is 1. The van der Waals surface area contributed by atoms with E-state index < -0.39 is 5.41 Å². The Balaban J connectivity index is 2.60. The van der Waals surface area contributed by atoms with Crippen LogP contribution in [0.15, 0.2) is 23.3 Å². The maximum Gasteiger partial charge on any atom is 0.237 e. The zero-order valence-corrected chi connectivity index (χ0v) is 10.3. The number of halogens is 1. The molecule has 1 aromatic carbocycles. The Kier molecular flexibility index (Phi) is 2.73. The molecule has 1 unspecified atom stereocenters. The second-order valence-electron chi connectivity index (χ2n) is 4.25. The molecule has 1 aromatic rings. The van der Waals surface area contributed by atoms with E-state index in [1.807, 2.05) is 0 Å². The van der Waals surface area contributed by atoms with E-state index in [-0.39, 0.29) is 12.5 Å². The standard InChI is InChI=1S/C11H11ClN4O/c1-11(6-14-15-13)8-5-7(12)3-4-9(8)16(2)10(11)17/h3-5H,6H2,1-2H3. The molecule has 0 saturated heterocycles. The minimum atomic E-state index is -0.818. The van der Waals surface area contributed by atoms with Crippen LogP contribution in [0.25, 0.3) is 10.4 Å². The molecule has 0 radical (unpaired) electrons. The van der Waals surface area contributed by atoms with Gasteiger partial charge in [0.25, 0.3) is 0 Å².